The maximum absolute atomic E-state index is 12.1. The van der Waals surface area contributed by atoms with Crippen LogP contribution in [-0.2, 0) is 4.79 Å². The Morgan fingerprint density at radius 3 is 2.68 bits per heavy atom. The van der Waals surface area contributed by atoms with E-state index >= 15 is 0 Å². The van der Waals surface area contributed by atoms with Gasteiger partial charge in [0.05, 0.1) is 19.4 Å². The number of carbonyl (C=O) groups is 2. The Labute approximate surface area is 171 Å². The van der Waals surface area contributed by atoms with E-state index in [0.717, 1.165) is 17.3 Å². The van der Waals surface area contributed by atoms with Crippen molar-refractivity contribution in [2.24, 2.45) is 5.10 Å². The van der Waals surface area contributed by atoms with Gasteiger partial charge < -0.3 is 15.2 Å². The summed E-state index contributed by atoms with van der Waals surface area (Å²) in [7, 11) is 0. The lowest BCUT2D eigenvalue weighted by Crippen LogP contribution is -2.34. The molecule has 2 rings (SSSR count). The van der Waals surface area contributed by atoms with Gasteiger partial charge in [0, 0.05) is 15.6 Å². The summed E-state index contributed by atoms with van der Waals surface area (Å²) >= 11 is 3.28. The smallest absolute Gasteiger partial charge is 0.259 e. The molecule has 2 aromatic rings. The quantitative estimate of drug-likeness (QED) is 0.312. The highest BCUT2D eigenvalue weighted by Gasteiger charge is 2.08. The summed E-state index contributed by atoms with van der Waals surface area (Å²) in [5.41, 5.74) is 3.17. The van der Waals surface area contributed by atoms with Crippen molar-refractivity contribution in [1.82, 2.24) is 10.7 Å². The van der Waals surface area contributed by atoms with E-state index in [1.165, 1.54) is 12.3 Å². The highest BCUT2D eigenvalue weighted by molar-refractivity contribution is 9.10. The van der Waals surface area contributed by atoms with Crippen molar-refractivity contribution in [2.75, 3.05) is 13.2 Å². The first-order valence-corrected chi connectivity index (χ1v) is 9.60. The lowest BCUT2D eigenvalue weighted by atomic mass is 10.2. The fourth-order valence-corrected chi connectivity index (χ4v) is 2.52. The number of nitrogens with one attached hydrogen (secondary N) is 2. The molecule has 0 radical (unpaired) electrons. The molecule has 0 fully saturated rings. The van der Waals surface area contributed by atoms with Crippen LogP contribution in [0.3, 0.4) is 0 Å². The van der Waals surface area contributed by atoms with Gasteiger partial charge in [-0.05, 0) is 48.9 Å². The van der Waals surface area contributed by atoms with Gasteiger partial charge in [0.15, 0.2) is 0 Å². The Bertz CT molecular complexity index is 838. The average molecular weight is 448 g/mol. The summed E-state index contributed by atoms with van der Waals surface area (Å²) in [6, 6.07) is 11.6. The van der Waals surface area contributed by atoms with E-state index in [1.54, 1.807) is 36.4 Å². The molecule has 0 saturated heterocycles. The summed E-state index contributed by atoms with van der Waals surface area (Å²) in [4.78, 5) is 23.9. The number of nitrogens with zero attached hydrogens (tertiary/aromatic N) is 1. The van der Waals surface area contributed by atoms with Crippen molar-refractivity contribution >= 4 is 34.0 Å². The summed E-state index contributed by atoms with van der Waals surface area (Å²) in [6.07, 6.45) is 3.34. The van der Waals surface area contributed by atoms with E-state index in [9.17, 15) is 14.7 Å². The third kappa shape index (κ3) is 7.03. The number of phenolic OH excluding ortho intramolecular Hbond substituents is 1. The second-order valence-electron chi connectivity index (χ2n) is 5.91. The Kier molecular flexibility index (Phi) is 8.48. The minimum atomic E-state index is -0.487. The number of phenols is 1. The third-order valence-electron chi connectivity index (χ3n) is 3.68. The number of hydrogen-bond acceptors (Lipinski definition) is 5. The summed E-state index contributed by atoms with van der Waals surface area (Å²) in [5.74, 6) is -0.119. The molecular formula is C20H22BrN3O4. The lowest BCUT2D eigenvalue weighted by Gasteiger charge is -2.07. The minimum Gasteiger partial charge on any atom is -0.507 e. The summed E-state index contributed by atoms with van der Waals surface area (Å²) < 4.78 is 6.31. The van der Waals surface area contributed by atoms with E-state index in [2.05, 4.69) is 38.7 Å². The topological polar surface area (TPSA) is 100 Å². The van der Waals surface area contributed by atoms with Gasteiger partial charge in [0.1, 0.15) is 11.5 Å². The van der Waals surface area contributed by atoms with Gasteiger partial charge in [-0.1, -0.05) is 29.3 Å². The number of aromatic hydroxyl groups is 1. The number of hydrazone groups is 1. The van der Waals surface area contributed by atoms with Crippen LogP contribution in [0.5, 0.6) is 11.5 Å². The van der Waals surface area contributed by atoms with Crippen molar-refractivity contribution in [2.45, 2.75) is 19.8 Å². The number of halogens is 1. The van der Waals surface area contributed by atoms with Gasteiger partial charge in [0.2, 0.25) is 0 Å². The van der Waals surface area contributed by atoms with Crippen LogP contribution in [0, 0.1) is 0 Å². The molecule has 0 aromatic heterocycles. The molecule has 2 aromatic carbocycles. The Morgan fingerprint density at radius 2 is 1.96 bits per heavy atom. The van der Waals surface area contributed by atoms with E-state index in [4.69, 9.17) is 4.74 Å². The second-order valence-corrected chi connectivity index (χ2v) is 6.82. The van der Waals surface area contributed by atoms with E-state index in [0.29, 0.717) is 23.5 Å². The molecule has 0 spiro atoms. The monoisotopic (exact) mass is 447 g/mol. The molecule has 0 heterocycles. The van der Waals surface area contributed by atoms with Crippen LogP contribution >= 0.6 is 15.9 Å². The number of ether oxygens (including phenoxy) is 1. The lowest BCUT2D eigenvalue weighted by molar-refractivity contribution is -0.120. The standard InChI is InChI=1S/C20H22BrN3O4/c1-2-3-10-28-17-7-4-14(5-8-17)20(27)22-13-19(26)24-23-12-15-11-16(21)6-9-18(15)25/h4-9,11-12,25H,2-3,10,13H2,1H3,(H,22,27)(H,24,26). The molecule has 0 aliphatic rings. The van der Waals surface area contributed by atoms with Crippen molar-refractivity contribution in [1.29, 1.82) is 0 Å². The van der Waals surface area contributed by atoms with Crippen molar-refractivity contribution < 1.29 is 19.4 Å². The molecule has 7 nitrogen and oxygen atoms in total. The van der Waals surface area contributed by atoms with Gasteiger partial charge >= 0.3 is 0 Å². The zero-order valence-electron chi connectivity index (χ0n) is 15.4. The number of unbranched alkanes of at least 4 members (excludes halogenated alkanes) is 1. The zero-order chi connectivity index (χ0) is 20.4. The van der Waals surface area contributed by atoms with Crippen LogP contribution < -0.4 is 15.5 Å². The number of carbonyl (C=O) groups excluding carboxylic acids is 2. The highest BCUT2D eigenvalue weighted by Crippen LogP contribution is 2.19. The summed E-state index contributed by atoms with van der Waals surface area (Å²) in [5, 5.41) is 16.0. The van der Waals surface area contributed by atoms with E-state index < -0.39 is 5.91 Å². The second kappa shape index (κ2) is 11.1. The molecule has 0 aliphatic heterocycles. The molecule has 0 saturated carbocycles. The predicted molar refractivity (Wildman–Crippen MR) is 111 cm³/mol. The van der Waals surface area contributed by atoms with Crippen LogP contribution in [-0.4, -0.2) is 36.3 Å². The maximum Gasteiger partial charge on any atom is 0.259 e. The van der Waals surface area contributed by atoms with Crippen LogP contribution in [0.15, 0.2) is 52.0 Å². The molecule has 8 heteroatoms. The fourth-order valence-electron chi connectivity index (χ4n) is 2.14. The van der Waals surface area contributed by atoms with Crippen LogP contribution in [0.4, 0.5) is 0 Å². The van der Waals surface area contributed by atoms with Gasteiger partial charge in [0.25, 0.3) is 11.8 Å². The normalized spacial score (nSPS) is 10.6. The van der Waals surface area contributed by atoms with Gasteiger partial charge in [-0.15, -0.1) is 0 Å². The summed E-state index contributed by atoms with van der Waals surface area (Å²) in [6.45, 7) is 2.50. The molecular weight excluding hydrogens is 426 g/mol. The maximum atomic E-state index is 12.1. The van der Waals surface area contributed by atoms with E-state index in [1.807, 2.05) is 0 Å². The van der Waals surface area contributed by atoms with Crippen LogP contribution in [0.1, 0.15) is 35.7 Å². The minimum absolute atomic E-state index is 0.0385. The van der Waals surface area contributed by atoms with Gasteiger partial charge in [-0.3, -0.25) is 9.59 Å². The Hall–Kier alpha value is -2.87. The molecule has 3 N–H and O–H groups in total. The Morgan fingerprint density at radius 1 is 1.21 bits per heavy atom. The van der Waals surface area contributed by atoms with E-state index in [-0.39, 0.29) is 18.2 Å². The number of rotatable bonds is 9. The van der Waals surface area contributed by atoms with Crippen LogP contribution in [0.25, 0.3) is 0 Å². The van der Waals surface area contributed by atoms with Crippen molar-refractivity contribution in [3.63, 3.8) is 0 Å². The largest absolute Gasteiger partial charge is 0.507 e. The number of amides is 2. The fraction of sp³-hybridized carbons (Fsp3) is 0.250. The average Bonchev–Trinajstić information content (AvgIpc) is 2.69. The molecule has 0 bridgehead atoms. The molecule has 0 aliphatic carbocycles. The first-order chi connectivity index (χ1) is 13.5. The molecule has 0 unspecified atom stereocenters. The third-order valence-corrected chi connectivity index (χ3v) is 4.17. The Balaban J connectivity index is 1.78. The highest BCUT2D eigenvalue weighted by atomic mass is 79.9. The van der Waals surface area contributed by atoms with Crippen molar-refractivity contribution in [3.8, 4) is 11.5 Å². The first kappa shape index (κ1) is 21.4. The van der Waals surface area contributed by atoms with Gasteiger partial charge in [-0.25, -0.2) is 5.43 Å². The molecule has 0 atom stereocenters. The van der Waals surface area contributed by atoms with Gasteiger partial charge in [-0.2, -0.15) is 5.10 Å². The predicted octanol–water partition coefficient (Wildman–Crippen LogP) is 3.21. The molecule has 28 heavy (non-hydrogen) atoms. The SMILES string of the molecule is CCCCOc1ccc(C(=O)NCC(=O)NN=Cc2cc(Br)ccc2O)cc1. The number of hydrogen-bond donors (Lipinski definition) is 3. The number of benzene rings is 2. The first-order valence-electron chi connectivity index (χ1n) is 8.81. The molecule has 148 valence electrons. The zero-order valence-corrected chi connectivity index (χ0v) is 17.0. The van der Waals surface area contributed by atoms with Crippen LogP contribution in [0.2, 0.25) is 0 Å². The molecule has 2 amide bonds. The van der Waals surface area contributed by atoms with Crippen molar-refractivity contribution in [3.05, 3.63) is 58.1 Å².